The van der Waals surface area contributed by atoms with Gasteiger partial charge in [-0.2, -0.15) is 4.98 Å². The van der Waals surface area contributed by atoms with Crippen molar-refractivity contribution in [3.8, 4) is 11.5 Å². The number of hydrogen-bond acceptors (Lipinski definition) is 6. The third kappa shape index (κ3) is 4.72. The second-order valence-corrected chi connectivity index (χ2v) is 8.96. The first-order chi connectivity index (χ1) is 14.5. The number of rotatable bonds is 4. The van der Waals surface area contributed by atoms with Gasteiger partial charge in [0.25, 0.3) is 11.8 Å². The minimum absolute atomic E-state index is 0.0338. The smallest absolute Gasteiger partial charge is 0.450 e. The third-order valence-corrected chi connectivity index (χ3v) is 6.79. The molecule has 1 amide bonds. The van der Waals surface area contributed by atoms with Crippen molar-refractivity contribution in [1.82, 2.24) is 10.1 Å². The Labute approximate surface area is 178 Å². The van der Waals surface area contributed by atoms with E-state index in [4.69, 9.17) is 19.5 Å². The molecule has 8 nitrogen and oxygen atoms in total. The van der Waals surface area contributed by atoms with Gasteiger partial charge in [0.2, 0.25) is 0 Å². The number of amides is 1. The molecule has 0 aromatic carbocycles. The lowest BCUT2D eigenvalue weighted by Gasteiger charge is -2.13. The highest BCUT2D eigenvalue weighted by Gasteiger charge is 2.32. The van der Waals surface area contributed by atoms with Crippen molar-refractivity contribution < 1.29 is 24.3 Å². The molecule has 0 saturated heterocycles. The fourth-order valence-electron chi connectivity index (χ4n) is 3.95. The molecule has 0 aliphatic heterocycles. The highest BCUT2D eigenvalue weighted by atomic mass is 32.1. The van der Waals surface area contributed by atoms with E-state index in [2.05, 4.69) is 21.5 Å². The van der Waals surface area contributed by atoms with E-state index < -0.39 is 6.16 Å². The van der Waals surface area contributed by atoms with E-state index in [1.807, 2.05) is 0 Å². The fourth-order valence-corrected chi connectivity index (χ4v) is 5.23. The average Bonchev–Trinajstić information content (AvgIpc) is 3.36. The van der Waals surface area contributed by atoms with Gasteiger partial charge in [-0.3, -0.25) is 4.79 Å². The van der Waals surface area contributed by atoms with E-state index in [0.717, 1.165) is 66.9 Å². The molecule has 1 fully saturated rings. The molecule has 3 aliphatic rings. The zero-order valence-corrected chi connectivity index (χ0v) is 17.5. The zero-order valence-electron chi connectivity index (χ0n) is 16.6. The highest BCUT2D eigenvalue weighted by molar-refractivity contribution is 7.17. The Morgan fingerprint density at radius 2 is 1.83 bits per heavy atom. The van der Waals surface area contributed by atoms with Gasteiger partial charge in [-0.05, 0) is 69.8 Å². The average molecular weight is 432 g/mol. The number of aromatic nitrogens is 2. The molecule has 0 atom stereocenters. The molecule has 9 heteroatoms. The molecular weight excluding hydrogens is 406 g/mol. The SMILES string of the molecule is O=C(Nc1sc2c(c1-c1nc(C3CC3)no1)CCCC2)C1=CCCCC1.O=C(O)O. The van der Waals surface area contributed by atoms with Crippen LogP contribution in [0.1, 0.15) is 73.5 Å². The second-order valence-electron chi connectivity index (χ2n) is 7.86. The third-order valence-electron chi connectivity index (χ3n) is 5.58. The molecule has 5 rings (SSSR count). The zero-order chi connectivity index (χ0) is 21.1. The lowest BCUT2D eigenvalue weighted by atomic mass is 9.95. The van der Waals surface area contributed by atoms with Gasteiger partial charge >= 0.3 is 6.16 Å². The summed E-state index contributed by atoms with van der Waals surface area (Å²) in [5.74, 6) is 1.90. The van der Waals surface area contributed by atoms with Gasteiger partial charge in [-0.25, -0.2) is 4.79 Å². The first-order valence-corrected chi connectivity index (χ1v) is 11.3. The molecule has 2 aromatic rings. The lowest BCUT2D eigenvalue weighted by Crippen LogP contribution is -2.15. The largest absolute Gasteiger partial charge is 0.503 e. The number of anilines is 1. The van der Waals surface area contributed by atoms with Gasteiger partial charge in [0.05, 0.1) is 5.56 Å². The maximum atomic E-state index is 12.7. The Kier molecular flexibility index (Phi) is 6.17. The monoisotopic (exact) mass is 431 g/mol. The Hall–Kier alpha value is -2.68. The molecule has 2 heterocycles. The van der Waals surface area contributed by atoms with Crippen LogP contribution in [0.2, 0.25) is 0 Å². The van der Waals surface area contributed by atoms with Crippen LogP contribution in [0.15, 0.2) is 16.2 Å². The Bertz CT molecular complexity index is 969. The molecule has 2 aromatic heterocycles. The highest BCUT2D eigenvalue weighted by Crippen LogP contribution is 2.45. The fraction of sp³-hybridized carbons (Fsp3) is 0.524. The van der Waals surface area contributed by atoms with Crippen molar-refractivity contribution in [3.05, 3.63) is 27.9 Å². The van der Waals surface area contributed by atoms with Crippen LogP contribution in [0.4, 0.5) is 9.80 Å². The van der Waals surface area contributed by atoms with Crippen molar-refractivity contribution in [2.45, 2.75) is 70.1 Å². The summed E-state index contributed by atoms with van der Waals surface area (Å²) in [6.07, 6.45) is 11.2. The standard InChI is InChI=1S/C20H23N3O2S.CH2O3/c24-18(13-6-2-1-3-7-13)22-20-16(14-8-4-5-9-15(14)26-20)19-21-17(23-25-19)12-10-11-12;2-1(3)4/h6,12H,1-5,7-11H2,(H,22,24);(H2,2,3,4). The molecular formula is C21H25N3O5S. The molecule has 0 radical (unpaired) electrons. The maximum Gasteiger partial charge on any atom is 0.503 e. The number of aryl methyl sites for hydroxylation is 1. The molecule has 0 spiro atoms. The van der Waals surface area contributed by atoms with Crippen molar-refractivity contribution in [2.75, 3.05) is 5.32 Å². The van der Waals surface area contributed by atoms with Crippen LogP contribution in [0.25, 0.3) is 11.5 Å². The van der Waals surface area contributed by atoms with Gasteiger partial charge < -0.3 is 20.1 Å². The first-order valence-electron chi connectivity index (χ1n) is 10.4. The van der Waals surface area contributed by atoms with Gasteiger partial charge in [0.1, 0.15) is 5.00 Å². The Balaban J connectivity index is 0.000000503. The quantitative estimate of drug-likeness (QED) is 0.606. The van der Waals surface area contributed by atoms with Crippen LogP contribution >= 0.6 is 11.3 Å². The van der Waals surface area contributed by atoms with E-state index in [1.54, 1.807) is 11.3 Å². The van der Waals surface area contributed by atoms with Crippen molar-refractivity contribution in [1.29, 1.82) is 0 Å². The van der Waals surface area contributed by atoms with Crippen LogP contribution < -0.4 is 5.32 Å². The lowest BCUT2D eigenvalue weighted by molar-refractivity contribution is -0.113. The normalized spacial score (nSPS) is 17.9. The van der Waals surface area contributed by atoms with E-state index in [0.29, 0.717) is 11.8 Å². The maximum absolute atomic E-state index is 12.7. The molecule has 0 bridgehead atoms. The minimum Gasteiger partial charge on any atom is -0.450 e. The van der Waals surface area contributed by atoms with Gasteiger partial charge in [-0.1, -0.05) is 11.2 Å². The number of carboxylic acid groups (broad SMARTS) is 2. The number of thiophene rings is 1. The number of hydrogen-bond donors (Lipinski definition) is 3. The molecule has 1 saturated carbocycles. The number of nitrogens with one attached hydrogen (secondary N) is 1. The summed E-state index contributed by atoms with van der Waals surface area (Å²) in [6.45, 7) is 0. The number of fused-ring (bicyclic) bond motifs is 1. The minimum atomic E-state index is -1.83. The van der Waals surface area contributed by atoms with Gasteiger partial charge in [0, 0.05) is 16.4 Å². The first kappa shape index (κ1) is 20.6. The summed E-state index contributed by atoms with van der Waals surface area (Å²) in [6, 6.07) is 0. The summed E-state index contributed by atoms with van der Waals surface area (Å²) in [4.78, 5) is 27.3. The summed E-state index contributed by atoms with van der Waals surface area (Å²) in [7, 11) is 0. The van der Waals surface area contributed by atoms with Crippen LogP contribution in [-0.4, -0.2) is 32.4 Å². The number of allylic oxidation sites excluding steroid dienone is 1. The summed E-state index contributed by atoms with van der Waals surface area (Å²) < 4.78 is 5.62. The van der Waals surface area contributed by atoms with Crippen molar-refractivity contribution in [2.24, 2.45) is 0 Å². The predicted molar refractivity (Wildman–Crippen MR) is 112 cm³/mol. The van der Waals surface area contributed by atoms with Gasteiger partial charge in [-0.15, -0.1) is 11.3 Å². The molecule has 0 unspecified atom stereocenters. The number of carbonyl (C=O) groups excluding carboxylic acids is 1. The summed E-state index contributed by atoms with van der Waals surface area (Å²) in [5, 5.41) is 22.2. The molecule has 3 N–H and O–H groups in total. The number of nitrogens with zero attached hydrogens (tertiary/aromatic N) is 2. The summed E-state index contributed by atoms with van der Waals surface area (Å²) in [5.41, 5.74) is 3.20. The van der Waals surface area contributed by atoms with Crippen LogP contribution in [0.5, 0.6) is 0 Å². The van der Waals surface area contributed by atoms with E-state index in [9.17, 15) is 4.79 Å². The van der Waals surface area contributed by atoms with Crippen LogP contribution in [-0.2, 0) is 17.6 Å². The predicted octanol–water partition coefficient (Wildman–Crippen LogP) is 5.22. The molecule has 30 heavy (non-hydrogen) atoms. The second kappa shape index (κ2) is 8.99. The van der Waals surface area contributed by atoms with Gasteiger partial charge in [0.15, 0.2) is 5.82 Å². The van der Waals surface area contributed by atoms with E-state index in [1.165, 1.54) is 29.7 Å². The molecule has 3 aliphatic carbocycles. The van der Waals surface area contributed by atoms with Crippen molar-refractivity contribution in [3.63, 3.8) is 0 Å². The Morgan fingerprint density at radius 3 is 2.53 bits per heavy atom. The molecule has 160 valence electrons. The summed E-state index contributed by atoms with van der Waals surface area (Å²) >= 11 is 1.70. The van der Waals surface area contributed by atoms with E-state index in [-0.39, 0.29) is 5.91 Å². The topological polar surface area (TPSA) is 126 Å². The van der Waals surface area contributed by atoms with Crippen molar-refractivity contribution >= 4 is 28.4 Å². The van der Waals surface area contributed by atoms with Crippen LogP contribution in [0, 0.1) is 0 Å². The number of carbonyl (C=O) groups is 2. The van der Waals surface area contributed by atoms with Crippen LogP contribution in [0.3, 0.4) is 0 Å². The van der Waals surface area contributed by atoms with E-state index >= 15 is 0 Å². The Morgan fingerprint density at radius 1 is 1.10 bits per heavy atom.